The number of anilines is 1. The Balaban J connectivity index is 2.05. The van der Waals surface area contributed by atoms with Crippen molar-refractivity contribution in [1.29, 1.82) is 0 Å². The fourth-order valence-electron chi connectivity index (χ4n) is 2.52. The van der Waals surface area contributed by atoms with Crippen molar-refractivity contribution in [3.8, 4) is 0 Å². The summed E-state index contributed by atoms with van der Waals surface area (Å²) in [5.41, 5.74) is 2.25. The molecule has 0 aliphatic rings. The normalized spacial score (nSPS) is 14.4. The first kappa shape index (κ1) is 21.0. The van der Waals surface area contributed by atoms with Crippen molar-refractivity contribution in [2.24, 2.45) is 0 Å². The molecular weight excluding hydrogens is 476 g/mol. The summed E-state index contributed by atoms with van der Waals surface area (Å²) >= 11 is 16.5. The highest BCUT2D eigenvalue weighted by molar-refractivity contribution is 9.10. The molecule has 0 spiro atoms. The van der Waals surface area contributed by atoms with Gasteiger partial charge in [0.2, 0.25) is 7.29 Å². The lowest BCUT2D eigenvalue weighted by Crippen LogP contribution is -1.95. The van der Waals surface area contributed by atoms with Gasteiger partial charge in [0.05, 0.1) is 15.8 Å². The van der Waals surface area contributed by atoms with E-state index in [9.17, 15) is 4.57 Å². The minimum absolute atomic E-state index is 0.386. The zero-order valence-corrected chi connectivity index (χ0v) is 18.7. The second-order valence-corrected chi connectivity index (χ2v) is 9.81. The smallest absolute Gasteiger partial charge is 0.216 e. The summed E-state index contributed by atoms with van der Waals surface area (Å²) in [5, 5.41) is 3.88. The zero-order chi connectivity index (χ0) is 20.0. The van der Waals surface area contributed by atoms with Crippen LogP contribution in [0.2, 0.25) is 0 Å². The highest BCUT2D eigenvalue weighted by Crippen LogP contribution is 2.54. The van der Waals surface area contributed by atoms with Crippen LogP contribution in [0.1, 0.15) is 11.1 Å². The van der Waals surface area contributed by atoms with E-state index >= 15 is 0 Å². The summed E-state index contributed by atoms with van der Waals surface area (Å²) in [5.74, 6) is 3.07. The number of nitrogens with one attached hydrogen (secondary N) is 1. The van der Waals surface area contributed by atoms with Crippen molar-refractivity contribution in [3.05, 3.63) is 112 Å². The fourth-order valence-corrected chi connectivity index (χ4v) is 5.93. The van der Waals surface area contributed by atoms with Crippen molar-refractivity contribution < 1.29 is 4.57 Å². The monoisotopic (exact) mass is 491 g/mol. The Morgan fingerprint density at radius 2 is 1.18 bits per heavy atom. The summed E-state index contributed by atoms with van der Waals surface area (Å²) in [6.45, 7) is 0. The van der Waals surface area contributed by atoms with Gasteiger partial charge in [-0.3, -0.25) is 4.57 Å². The minimum Gasteiger partial charge on any atom is -0.329 e. The van der Waals surface area contributed by atoms with Crippen LogP contribution in [0.3, 0.4) is 0 Å². The first-order valence-electron chi connectivity index (χ1n) is 8.47. The van der Waals surface area contributed by atoms with E-state index in [1.165, 1.54) is 11.6 Å². The van der Waals surface area contributed by atoms with E-state index in [0.717, 1.165) is 15.6 Å². The lowest BCUT2D eigenvalue weighted by Gasteiger charge is -2.17. The van der Waals surface area contributed by atoms with Gasteiger partial charge in [-0.1, -0.05) is 96.0 Å². The summed E-state index contributed by atoms with van der Waals surface area (Å²) in [6, 6.07) is 26.2. The first-order chi connectivity index (χ1) is 13.5. The minimum atomic E-state index is -3.28. The Morgan fingerprint density at radius 3 is 1.64 bits per heavy atom. The maximum absolute atomic E-state index is 13.8. The van der Waals surface area contributed by atoms with Crippen LogP contribution >= 0.6 is 46.4 Å². The number of rotatable bonds is 6. The van der Waals surface area contributed by atoms with Gasteiger partial charge in [0.25, 0.3) is 0 Å². The molecule has 0 amide bonds. The average Bonchev–Trinajstić information content (AvgIpc) is 2.71. The van der Waals surface area contributed by atoms with E-state index in [4.69, 9.17) is 23.2 Å². The third-order valence-corrected chi connectivity index (χ3v) is 7.40. The Bertz CT molecular complexity index is 993. The van der Waals surface area contributed by atoms with Crippen LogP contribution in [0.5, 0.6) is 0 Å². The summed E-state index contributed by atoms with van der Waals surface area (Å²) in [6.07, 6.45) is 0. The van der Waals surface area contributed by atoms with Gasteiger partial charge in [-0.2, -0.15) is 0 Å². The standard InChI is InChI=1S/C22H17BrCl2NOP/c23-19-13-7-8-14-22(19)26-28(27,15-20(24)17-9-3-1-4-10-17)16-21(25)18-11-5-2-6-12-18/h1-16H,(H,26,27)/b20-15-,21-16+. The number of hydrogen-bond acceptors (Lipinski definition) is 1. The number of para-hydroxylation sites is 1. The van der Waals surface area contributed by atoms with E-state index in [0.29, 0.717) is 15.8 Å². The molecule has 0 fully saturated rings. The van der Waals surface area contributed by atoms with Crippen molar-refractivity contribution >= 4 is 62.2 Å². The molecular formula is C22H17BrCl2NOP. The second-order valence-electron chi connectivity index (χ2n) is 5.99. The predicted octanol–water partition coefficient (Wildman–Crippen LogP) is 8.61. The van der Waals surface area contributed by atoms with Crippen LogP contribution in [0.15, 0.2) is 101 Å². The van der Waals surface area contributed by atoms with Crippen molar-refractivity contribution in [2.45, 2.75) is 0 Å². The fraction of sp³-hybridized carbons (Fsp3) is 0. The molecule has 3 aromatic rings. The van der Waals surface area contributed by atoms with E-state index in [2.05, 4.69) is 21.0 Å². The average molecular weight is 493 g/mol. The van der Waals surface area contributed by atoms with Gasteiger partial charge in [-0.15, -0.1) is 0 Å². The van der Waals surface area contributed by atoms with Gasteiger partial charge < -0.3 is 5.09 Å². The Labute approximate surface area is 183 Å². The Morgan fingerprint density at radius 1 is 0.750 bits per heavy atom. The summed E-state index contributed by atoms with van der Waals surface area (Å²) in [7, 11) is -3.28. The van der Waals surface area contributed by atoms with Gasteiger partial charge in [-0.05, 0) is 39.2 Å². The maximum Gasteiger partial charge on any atom is 0.216 e. The SMILES string of the molecule is O=P(/C=C(\Cl)c1ccccc1)(/C=C(/Cl)c1ccccc1)Nc1ccccc1Br. The van der Waals surface area contributed by atoms with Crippen LogP contribution in [-0.2, 0) is 4.57 Å². The zero-order valence-electron chi connectivity index (χ0n) is 14.7. The molecule has 142 valence electrons. The van der Waals surface area contributed by atoms with Gasteiger partial charge in [-0.25, -0.2) is 0 Å². The van der Waals surface area contributed by atoms with Gasteiger partial charge in [0.1, 0.15) is 0 Å². The van der Waals surface area contributed by atoms with Gasteiger partial charge in [0.15, 0.2) is 0 Å². The molecule has 0 aromatic heterocycles. The molecule has 6 heteroatoms. The number of benzene rings is 3. The molecule has 0 aliphatic heterocycles. The number of hydrogen-bond donors (Lipinski definition) is 1. The molecule has 0 aliphatic carbocycles. The van der Waals surface area contributed by atoms with E-state index in [1.807, 2.05) is 84.9 Å². The molecule has 1 unspecified atom stereocenters. The molecule has 0 bridgehead atoms. The highest BCUT2D eigenvalue weighted by Gasteiger charge is 2.20. The van der Waals surface area contributed by atoms with E-state index in [1.54, 1.807) is 0 Å². The lowest BCUT2D eigenvalue weighted by atomic mass is 10.2. The summed E-state index contributed by atoms with van der Waals surface area (Å²) < 4.78 is 14.6. The Hall–Kier alpha value is -1.77. The van der Waals surface area contributed by atoms with Crippen LogP contribution < -0.4 is 5.09 Å². The van der Waals surface area contributed by atoms with Crippen LogP contribution in [0, 0.1) is 0 Å². The summed E-state index contributed by atoms with van der Waals surface area (Å²) in [4.78, 5) is 0. The molecule has 0 heterocycles. The quantitative estimate of drug-likeness (QED) is 0.349. The van der Waals surface area contributed by atoms with Crippen molar-refractivity contribution in [3.63, 3.8) is 0 Å². The highest BCUT2D eigenvalue weighted by atomic mass is 79.9. The van der Waals surface area contributed by atoms with Crippen LogP contribution in [0.25, 0.3) is 10.1 Å². The molecule has 2 nitrogen and oxygen atoms in total. The van der Waals surface area contributed by atoms with Gasteiger partial charge in [0, 0.05) is 16.1 Å². The number of halogens is 3. The molecule has 1 atom stereocenters. The van der Waals surface area contributed by atoms with Gasteiger partial charge >= 0.3 is 0 Å². The van der Waals surface area contributed by atoms with Crippen molar-refractivity contribution in [2.75, 3.05) is 5.09 Å². The second kappa shape index (κ2) is 9.62. The van der Waals surface area contributed by atoms with Crippen LogP contribution in [0.4, 0.5) is 5.69 Å². The molecule has 0 radical (unpaired) electrons. The Kier molecular flexibility index (Phi) is 7.20. The topological polar surface area (TPSA) is 29.1 Å². The van der Waals surface area contributed by atoms with Crippen LogP contribution in [-0.4, -0.2) is 0 Å². The van der Waals surface area contributed by atoms with Crippen molar-refractivity contribution in [1.82, 2.24) is 0 Å². The first-order valence-corrected chi connectivity index (χ1v) is 11.9. The van der Waals surface area contributed by atoms with E-state index in [-0.39, 0.29) is 0 Å². The molecule has 28 heavy (non-hydrogen) atoms. The third kappa shape index (κ3) is 5.62. The molecule has 0 saturated heterocycles. The third-order valence-electron chi connectivity index (χ3n) is 3.88. The lowest BCUT2D eigenvalue weighted by molar-refractivity contribution is 0.589. The molecule has 1 N–H and O–H groups in total. The maximum atomic E-state index is 13.8. The molecule has 3 aromatic carbocycles. The largest absolute Gasteiger partial charge is 0.329 e. The van der Waals surface area contributed by atoms with E-state index < -0.39 is 7.29 Å². The molecule has 3 rings (SSSR count). The predicted molar refractivity (Wildman–Crippen MR) is 126 cm³/mol. The molecule has 0 saturated carbocycles.